The average molecular weight is 453 g/mol. The highest BCUT2D eigenvalue weighted by molar-refractivity contribution is 7.18. The molecule has 0 spiro atoms. The lowest BCUT2D eigenvalue weighted by molar-refractivity contribution is -0.116. The van der Waals surface area contributed by atoms with E-state index in [2.05, 4.69) is 51.5 Å². The van der Waals surface area contributed by atoms with E-state index in [-0.39, 0.29) is 17.9 Å². The fourth-order valence-corrected chi connectivity index (χ4v) is 5.43. The molecule has 0 saturated carbocycles. The van der Waals surface area contributed by atoms with Gasteiger partial charge in [-0.25, -0.2) is 9.97 Å². The lowest BCUT2D eigenvalue weighted by atomic mass is 10.1. The zero-order valence-corrected chi connectivity index (χ0v) is 19.6. The standard InChI is InChI=1S/C23H24N4O2S2/c1-12-5-7-16(8-6-12)11-17-14(3)24-23(31-17)27-19(28)10-9-18-25-21(29)20-13(2)15(4)30-22(20)26-18/h5-8H,9-11H2,1-4H3,(H,24,27,28)(H,25,26,29). The van der Waals surface area contributed by atoms with Gasteiger partial charge in [-0.15, -0.1) is 22.7 Å². The van der Waals surface area contributed by atoms with Crippen molar-refractivity contribution >= 4 is 43.9 Å². The van der Waals surface area contributed by atoms with E-state index in [4.69, 9.17) is 0 Å². The molecule has 160 valence electrons. The van der Waals surface area contributed by atoms with Crippen molar-refractivity contribution in [3.8, 4) is 0 Å². The zero-order valence-electron chi connectivity index (χ0n) is 18.0. The molecule has 0 fully saturated rings. The number of benzene rings is 1. The fourth-order valence-electron chi connectivity index (χ4n) is 3.37. The van der Waals surface area contributed by atoms with Crippen LogP contribution in [0.4, 0.5) is 5.13 Å². The minimum Gasteiger partial charge on any atom is -0.310 e. The summed E-state index contributed by atoms with van der Waals surface area (Å²) in [7, 11) is 0. The number of H-pyrrole nitrogens is 1. The third-order valence-corrected chi connectivity index (χ3v) is 7.48. The molecule has 2 N–H and O–H groups in total. The summed E-state index contributed by atoms with van der Waals surface area (Å²) in [5.74, 6) is 0.390. The Labute approximate surface area is 188 Å². The number of anilines is 1. The van der Waals surface area contributed by atoms with Crippen molar-refractivity contribution in [1.29, 1.82) is 0 Å². The van der Waals surface area contributed by atoms with Crippen molar-refractivity contribution in [3.05, 3.63) is 72.6 Å². The molecule has 0 aliphatic heterocycles. The van der Waals surface area contributed by atoms with Crippen LogP contribution in [-0.2, 0) is 17.6 Å². The molecule has 1 aromatic carbocycles. The normalized spacial score (nSPS) is 11.2. The van der Waals surface area contributed by atoms with Crippen LogP contribution in [0.3, 0.4) is 0 Å². The molecule has 0 unspecified atom stereocenters. The average Bonchev–Trinajstić information content (AvgIpc) is 3.20. The van der Waals surface area contributed by atoms with Crippen LogP contribution in [0.2, 0.25) is 0 Å². The van der Waals surface area contributed by atoms with Crippen molar-refractivity contribution in [2.24, 2.45) is 0 Å². The van der Waals surface area contributed by atoms with Gasteiger partial charge in [-0.3, -0.25) is 9.59 Å². The van der Waals surface area contributed by atoms with Crippen LogP contribution in [0.15, 0.2) is 29.1 Å². The highest BCUT2D eigenvalue weighted by Crippen LogP contribution is 2.27. The first-order valence-electron chi connectivity index (χ1n) is 10.1. The maximum absolute atomic E-state index is 12.4. The number of hydrogen-bond acceptors (Lipinski definition) is 6. The Kier molecular flexibility index (Phi) is 6.02. The first kappa shape index (κ1) is 21.4. The quantitative estimate of drug-likeness (QED) is 0.438. The molecule has 3 aromatic heterocycles. The second-order valence-electron chi connectivity index (χ2n) is 7.71. The fraction of sp³-hybridized carbons (Fsp3) is 0.304. The molecule has 0 aliphatic rings. The van der Waals surface area contributed by atoms with Gasteiger partial charge < -0.3 is 10.3 Å². The summed E-state index contributed by atoms with van der Waals surface area (Å²) in [5, 5.41) is 4.14. The largest absolute Gasteiger partial charge is 0.310 e. The van der Waals surface area contributed by atoms with Gasteiger partial charge in [0.1, 0.15) is 10.7 Å². The molecule has 3 heterocycles. The molecular formula is C23H24N4O2S2. The summed E-state index contributed by atoms with van der Waals surface area (Å²) in [6, 6.07) is 8.44. The second kappa shape index (κ2) is 8.72. The van der Waals surface area contributed by atoms with Crippen LogP contribution in [-0.4, -0.2) is 20.9 Å². The molecule has 0 saturated heterocycles. The first-order chi connectivity index (χ1) is 14.8. The zero-order chi connectivity index (χ0) is 22.1. The SMILES string of the molecule is Cc1ccc(Cc2sc(NC(=O)CCc3nc4sc(C)c(C)c4c(=O)[nH]3)nc2C)cc1. The molecular weight excluding hydrogens is 428 g/mol. The number of hydrogen-bond donors (Lipinski definition) is 2. The highest BCUT2D eigenvalue weighted by atomic mass is 32.1. The van der Waals surface area contributed by atoms with Crippen LogP contribution in [0, 0.1) is 27.7 Å². The van der Waals surface area contributed by atoms with E-state index in [1.54, 1.807) is 0 Å². The van der Waals surface area contributed by atoms with E-state index in [9.17, 15) is 9.59 Å². The van der Waals surface area contributed by atoms with Gasteiger partial charge in [-0.1, -0.05) is 29.8 Å². The number of carbonyl (C=O) groups excluding carboxylic acids is 1. The van der Waals surface area contributed by atoms with Crippen LogP contribution < -0.4 is 10.9 Å². The number of aromatic nitrogens is 3. The molecule has 0 atom stereocenters. The summed E-state index contributed by atoms with van der Waals surface area (Å²) >= 11 is 3.01. The number of amides is 1. The van der Waals surface area contributed by atoms with E-state index in [1.165, 1.54) is 33.8 Å². The maximum Gasteiger partial charge on any atom is 0.259 e. The number of fused-ring (bicyclic) bond motifs is 1. The lowest BCUT2D eigenvalue weighted by Crippen LogP contribution is -2.16. The Morgan fingerprint density at radius 3 is 2.55 bits per heavy atom. The number of thiophene rings is 1. The van der Waals surface area contributed by atoms with Gasteiger partial charge in [-0.2, -0.15) is 0 Å². The van der Waals surface area contributed by atoms with Gasteiger partial charge >= 0.3 is 0 Å². The molecule has 8 heteroatoms. The Morgan fingerprint density at radius 1 is 1.06 bits per heavy atom. The summed E-state index contributed by atoms with van der Waals surface area (Å²) in [6.45, 7) is 7.95. The second-order valence-corrected chi connectivity index (χ2v) is 10.0. The van der Waals surface area contributed by atoms with Crippen molar-refractivity contribution in [3.63, 3.8) is 0 Å². The molecule has 4 aromatic rings. The minimum atomic E-state index is -0.142. The van der Waals surface area contributed by atoms with Crippen LogP contribution in [0.25, 0.3) is 10.2 Å². The van der Waals surface area contributed by atoms with Gasteiger partial charge in [-0.05, 0) is 38.8 Å². The third kappa shape index (κ3) is 4.75. The highest BCUT2D eigenvalue weighted by Gasteiger charge is 2.14. The molecule has 6 nitrogen and oxygen atoms in total. The Balaban J connectivity index is 1.39. The van der Waals surface area contributed by atoms with E-state index < -0.39 is 0 Å². The third-order valence-electron chi connectivity index (χ3n) is 5.30. The van der Waals surface area contributed by atoms with E-state index in [1.807, 2.05) is 20.8 Å². The van der Waals surface area contributed by atoms with Crippen molar-refractivity contribution in [2.75, 3.05) is 5.32 Å². The summed E-state index contributed by atoms with van der Waals surface area (Å²) in [6.07, 6.45) is 1.39. The van der Waals surface area contributed by atoms with Crippen LogP contribution in [0.5, 0.6) is 0 Å². The Morgan fingerprint density at radius 2 is 1.81 bits per heavy atom. The topological polar surface area (TPSA) is 87.7 Å². The van der Waals surface area contributed by atoms with Crippen LogP contribution >= 0.6 is 22.7 Å². The number of nitrogens with zero attached hydrogens (tertiary/aromatic N) is 2. The van der Waals surface area contributed by atoms with E-state index in [0.29, 0.717) is 22.8 Å². The van der Waals surface area contributed by atoms with Crippen molar-refractivity contribution < 1.29 is 4.79 Å². The monoisotopic (exact) mass is 452 g/mol. The van der Waals surface area contributed by atoms with Gasteiger partial charge in [0.25, 0.3) is 5.56 Å². The van der Waals surface area contributed by atoms with Gasteiger partial charge in [0.05, 0.1) is 11.1 Å². The maximum atomic E-state index is 12.4. The van der Waals surface area contributed by atoms with Crippen molar-refractivity contribution in [2.45, 2.75) is 47.0 Å². The van der Waals surface area contributed by atoms with Gasteiger partial charge in [0.15, 0.2) is 5.13 Å². The lowest BCUT2D eigenvalue weighted by Gasteiger charge is -2.02. The predicted octanol–water partition coefficient (Wildman–Crippen LogP) is 4.84. The number of thiazole rings is 1. The molecule has 31 heavy (non-hydrogen) atoms. The first-order valence-corrected chi connectivity index (χ1v) is 11.7. The number of aromatic amines is 1. The molecule has 1 amide bonds. The van der Waals surface area contributed by atoms with Crippen LogP contribution in [0.1, 0.15) is 44.4 Å². The van der Waals surface area contributed by atoms with Gasteiger partial charge in [0, 0.05) is 29.0 Å². The molecule has 0 bridgehead atoms. The number of nitrogens with one attached hydrogen (secondary N) is 2. The smallest absolute Gasteiger partial charge is 0.259 e. The minimum absolute atomic E-state index is 0.140. The Bertz CT molecular complexity index is 1320. The molecule has 0 aliphatic carbocycles. The number of rotatable bonds is 6. The van der Waals surface area contributed by atoms with E-state index in [0.717, 1.165) is 32.3 Å². The predicted molar refractivity (Wildman–Crippen MR) is 128 cm³/mol. The summed E-state index contributed by atoms with van der Waals surface area (Å²) in [5.41, 5.74) is 4.22. The summed E-state index contributed by atoms with van der Waals surface area (Å²) in [4.78, 5) is 39.6. The molecule has 4 rings (SSSR count). The molecule has 0 radical (unpaired) electrons. The number of aryl methyl sites for hydroxylation is 5. The summed E-state index contributed by atoms with van der Waals surface area (Å²) < 4.78 is 0. The van der Waals surface area contributed by atoms with E-state index >= 15 is 0 Å². The Hall–Kier alpha value is -2.84. The van der Waals surface area contributed by atoms with Crippen molar-refractivity contribution in [1.82, 2.24) is 15.0 Å². The van der Waals surface area contributed by atoms with Gasteiger partial charge in [0.2, 0.25) is 5.91 Å². The number of carbonyl (C=O) groups is 1.